The van der Waals surface area contributed by atoms with Gasteiger partial charge in [0.2, 0.25) is 0 Å². The minimum absolute atomic E-state index is 0.149. The summed E-state index contributed by atoms with van der Waals surface area (Å²) in [5.41, 5.74) is 0. The largest absolute Gasteiger partial charge is 0.391 e. The van der Waals surface area contributed by atoms with E-state index >= 15 is 0 Å². The Morgan fingerprint density at radius 2 is 2.05 bits per heavy atom. The highest BCUT2D eigenvalue weighted by molar-refractivity contribution is 4.93. The van der Waals surface area contributed by atoms with Crippen LogP contribution in [0.2, 0.25) is 0 Å². The molecule has 116 valence electrons. The number of ether oxygens (including phenoxy) is 2. The first-order valence-electron chi connectivity index (χ1n) is 7.96. The van der Waals surface area contributed by atoms with Crippen LogP contribution in [0.15, 0.2) is 0 Å². The molecule has 1 N–H and O–H groups in total. The van der Waals surface area contributed by atoms with E-state index in [-0.39, 0.29) is 12.1 Å². The van der Waals surface area contributed by atoms with Crippen molar-refractivity contribution in [1.29, 1.82) is 0 Å². The number of hydrogen-bond acceptors (Lipinski definition) is 5. The number of nitrogens with zero attached hydrogens (tertiary/aromatic N) is 2. The Balaban J connectivity index is 1.61. The van der Waals surface area contributed by atoms with Crippen molar-refractivity contribution in [3.05, 3.63) is 0 Å². The maximum Gasteiger partial charge on any atom is 0.170 e. The van der Waals surface area contributed by atoms with Crippen molar-refractivity contribution in [3.63, 3.8) is 0 Å². The highest BCUT2D eigenvalue weighted by atomic mass is 16.7. The van der Waals surface area contributed by atoms with Crippen molar-refractivity contribution in [1.82, 2.24) is 9.80 Å². The molecule has 0 aromatic carbocycles. The zero-order valence-corrected chi connectivity index (χ0v) is 12.8. The molecule has 1 spiro atoms. The van der Waals surface area contributed by atoms with Crippen LogP contribution in [0.25, 0.3) is 0 Å². The van der Waals surface area contributed by atoms with E-state index in [0.29, 0.717) is 19.3 Å². The van der Waals surface area contributed by atoms with Crippen molar-refractivity contribution < 1.29 is 14.6 Å². The Bertz CT molecular complexity index is 333. The van der Waals surface area contributed by atoms with Crippen LogP contribution in [0.5, 0.6) is 0 Å². The van der Waals surface area contributed by atoms with Gasteiger partial charge in [0, 0.05) is 31.5 Å². The second-order valence-electron chi connectivity index (χ2n) is 6.70. The quantitative estimate of drug-likeness (QED) is 0.825. The van der Waals surface area contributed by atoms with Crippen molar-refractivity contribution in [2.45, 2.75) is 56.1 Å². The predicted octanol–water partition coefficient (Wildman–Crippen LogP) is 0.669. The van der Waals surface area contributed by atoms with Gasteiger partial charge in [0.05, 0.1) is 19.3 Å². The summed E-state index contributed by atoms with van der Waals surface area (Å²) in [6.45, 7) is 3.60. The van der Waals surface area contributed by atoms with Crippen LogP contribution in [-0.4, -0.2) is 79.3 Å². The third kappa shape index (κ3) is 2.88. The number of likely N-dealkylation sites (N-methyl/N-ethyl adjacent to an activating group) is 2. The second-order valence-corrected chi connectivity index (χ2v) is 6.70. The summed E-state index contributed by atoms with van der Waals surface area (Å²) < 4.78 is 11.7. The number of likely N-dealkylation sites (tertiary alicyclic amines) is 1. The predicted molar refractivity (Wildman–Crippen MR) is 76.6 cm³/mol. The Labute approximate surface area is 121 Å². The highest BCUT2D eigenvalue weighted by Crippen LogP contribution is 2.37. The van der Waals surface area contributed by atoms with E-state index in [1.165, 1.54) is 19.4 Å². The van der Waals surface area contributed by atoms with Gasteiger partial charge in [0.25, 0.3) is 0 Å². The minimum atomic E-state index is -0.417. The molecular formula is C15H28N2O3. The van der Waals surface area contributed by atoms with E-state index < -0.39 is 5.79 Å². The lowest BCUT2D eigenvalue weighted by Crippen LogP contribution is -2.54. The van der Waals surface area contributed by atoms with Gasteiger partial charge in [-0.05, 0) is 39.9 Å². The third-order valence-electron chi connectivity index (χ3n) is 5.34. The number of aliphatic hydroxyl groups excluding tert-OH is 1. The topological polar surface area (TPSA) is 45.2 Å². The van der Waals surface area contributed by atoms with Gasteiger partial charge >= 0.3 is 0 Å². The Morgan fingerprint density at radius 1 is 1.30 bits per heavy atom. The molecule has 20 heavy (non-hydrogen) atoms. The molecule has 2 aliphatic heterocycles. The first-order chi connectivity index (χ1) is 9.60. The molecule has 3 fully saturated rings. The summed E-state index contributed by atoms with van der Waals surface area (Å²) in [5, 5.41) is 10.4. The first-order valence-corrected chi connectivity index (χ1v) is 7.96. The zero-order valence-electron chi connectivity index (χ0n) is 12.8. The van der Waals surface area contributed by atoms with Crippen LogP contribution < -0.4 is 0 Å². The third-order valence-corrected chi connectivity index (χ3v) is 5.34. The maximum absolute atomic E-state index is 10.4. The van der Waals surface area contributed by atoms with Crippen LogP contribution in [0, 0.1) is 0 Å². The van der Waals surface area contributed by atoms with Crippen LogP contribution in [0.3, 0.4) is 0 Å². The lowest BCUT2D eigenvalue weighted by atomic mass is 9.86. The van der Waals surface area contributed by atoms with Gasteiger partial charge < -0.3 is 19.5 Å². The minimum Gasteiger partial charge on any atom is -0.391 e. The molecule has 5 nitrogen and oxygen atoms in total. The molecule has 0 radical (unpaired) electrons. The summed E-state index contributed by atoms with van der Waals surface area (Å²) in [4.78, 5) is 4.76. The van der Waals surface area contributed by atoms with Gasteiger partial charge in [-0.25, -0.2) is 0 Å². The summed E-state index contributed by atoms with van der Waals surface area (Å²) in [7, 11) is 4.33. The van der Waals surface area contributed by atoms with E-state index in [1.807, 2.05) is 0 Å². The zero-order chi connectivity index (χ0) is 14.2. The van der Waals surface area contributed by atoms with E-state index in [2.05, 4.69) is 23.9 Å². The van der Waals surface area contributed by atoms with Gasteiger partial charge in [0.1, 0.15) is 0 Å². The second kappa shape index (κ2) is 5.89. The van der Waals surface area contributed by atoms with Crippen molar-refractivity contribution >= 4 is 0 Å². The maximum atomic E-state index is 10.4. The smallest absolute Gasteiger partial charge is 0.170 e. The molecule has 0 bridgehead atoms. The Kier molecular flexibility index (Phi) is 4.34. The Hall–Kier alpha value is -0.200. The van der Waals surface area contributed by atoms with Crippen LogP contribution in [0.4, 0.5) is 0 Å². The van der Waals surface area contributed by atoms with Gasteiger partial charge in [-0.3, -0.25) is 4.90 Å². The normalized spacial score (nSPS) is 38.1. The molecular weight excluding hydrogens is 256 g/mol. The fraction of sp³-hybridized carbons (Fsp3) is 1.00. The SMILES string of the molecule is CN1CCCC1CN(C)C1CC2(CCC1O)OCCO2. The fourth-order valence-corrected chi connectivity index (χ4v) is 4.00. The molecule has 5 heteroatoms. The lowest BCUT2D eigenvalue weighted by Gasteiger charge is -2.43. The summed E-state index contributed by atoms with van der Waals surface area (Å²) in [6.07, 6.45) is 4.68. The Morgan fingerprint density at radius 3 is 2.70 bits per heavy atom. The van der Waals surface area contributed by atoms with E-state index in [4.69, 9.17) is 9.47 Å². The average Bonchev–Trinajstić information content (AvgIpc) is 3.04. The van der Waals surface area contributed by atoms with Gasteiger partial charge in [0.15, 0.2) is 5.79 Å². The molecule has 2 heterocycles. The fourth-order valence-electron chi connectivity index (χ4n) is 4.00. The number of rotatable bonds is 3. The number of aliphatic hydroxyl groups is 1. The molecule has 0 aromatic rings. The van der Waals surface area contributed by atoms with Gasteiger partial charge in [-0.15, -0.1) is 0 Å². The molecule has 2 saturated heterocycles. The van der Waals surface area contributed by atoms with Crippen molar-refractivity contribution in [2.24, 2.45) is 0 Å². The molecule has 0 amide bonds. The van der Waals surface area contributed by atoms with Gasteiger partial charge in [-0.2, -0.15) is 0 Å². The summed E-state index contributed by atoms with van der Waals surface area (Å²) >= 11 is 0. The monoisotopic (exact) mass is 284 g/mol. The molecule has 3 rings (SSSR count). The molecule has 3 atom stereocenters. The molecule has 1 aliphatic carbocycles. The molecule has 3 aliphatic rings. The van der Waals surface area contributed by atoms with Crippen molar-refractivity contribution in [3.8, 4) is 0 Å². The van der Waals surface area contributed by atoms with Crippen LogP contribution >= 0.6 is 0 Å². The number of hydrogen-bond donors (Lipinski definition) is 1. The summed E-state index contributed by atoms with van der Waals surface area (Å²) in [5.74, 6) is -0.417. The standard InChI is InChI=1S/C15H28N2O3/c1-16-7-3-4-12(16)11-17(2)13-10-15(6-5-14(13)18)19-8-9-20-15/h12-14,18H,3-11H2,1-2H3. The van der Waals surface area contributed by atoms with E-state index in [1.54, 1.807) is 0 Å². The molecule has 0 aromatic heterocycles. The van der Waals surface area contributed by atoms with E-state index in [0.717, 1.165) is 25.8 Å². The van der Waals surface area contributed by atoms with Gasteiger partial charge in [-0.1, -0.05) is 0 Å². The van der Waals surface area contributed by atoms with E-state index in [9.17, 15) is 5.11 Å². The van der Waals surface area contributed by atoms with Crippen LogP contribution in [0.1, 0.15) is 32.1 Å². The van der Waals surface area contributed by atoms with Crippen molar-refractivity contribution in [2.75, 3.05) is 40.4 Å². The lowest BCUT2D eigenvalue weighted by molar-refractivity contribution is -0.204. The van der Waals surface area contributed by atoms with Crippen LogP contribution in [-0.2, 0) is 9.47 Å². The average molecular weight is 284 g/mol. The summed E-state index contributed by atoms with van der Waals surface area (Å²) in [6, 6.07) is 0.770. The molecule has 1 saturated carbocycles. The highest BCUT2D eigenvalue weighted by Gasteiger charge is 2.46. The first kappa shape index (κ1) is 14.7. The molecule has 3 unspecified atom stereocenters.